The van der Waals surface area contributed by atoms with Crippen LogP contribution in [-0.2, 0) is 6.42 Å². The predicted octanol–water partition coefficient (Wildman–Crippen LogP) is 4.30. The van der Waals surface area contributed by atoms with Crippen LogP contribution in [0.3, 0.4) is 0 Å². The topological polar surface area (TPSA) is 35.2 Å². The molecule has 2 N–H and O–H groups in total. The van der Waals surface area contributed by atoms with Crippen LogP contribution < -0.4 is 10.5 Å². The first-order chi connectivity index (χ1) is 9.11. The van der Waals surface area contributed by atoms with E-state index in [1.165, 1.54) is 3.57 Å². The molecule has 19 heavy (non-hydrogen) atoms. The van der Waals surface area contributed by atoms with E-state index >= 15 is 0 Å². The maximum atomic E-state index is 6.34. The first kappa shape index (κ1) is 14.8. The van der Waals surface area contributed by atoms with Gasteiger partial charge >= 0.3 is 0 Å². The molecule has 0 amide bonds. The number of ether oxygens (including phenoxy) is 1. The van der Waals surface area contributed by atoms with E-state index in [0.717, 1.165) is 27.8 Å². The van der Waals surface area contributed by atoms with Crippen LogP contribution in [-0.4, -0.2) is 7.11 Å². The van der Waals surface area contributed by atoms with Crippen LogP contribution in [0.15, 0.2) is 46.9 Å². The molecule has 2 aromatic rings. The summed E-state index contributed by atoms with van der Waals surface area (Å²) in [5.74, 6) is 0.892. The van der Waals surface area contributed by atoms with Crippen molar-refractivity contribution in [3.8, 4) is 5.75 Å². The van der Waals surface area contributed by atoms with Gasteiger partial charge in [-0.3, -0.25) is 0 Å². The minimum Gasteiger partial charge on any atom is -0.496 e. The minimum absolute atomic E-state index is 0.0410. The molecule has 1 unspecified atom stereocenters. The van der Waals surface area contributed by atoms with Crippen molar-refractivity contribution in [3.05, 3.63) is 61.6 Å². The van der Waals surface area contributed by atoms with Gasteiger partial charge in [0.15, 0.2) is 0 Å². The van der Waals surface area contributed by atoms with E-state index < -0.39 is 0 Å². The highest BCUT2D eigenvalue weighted by atomic mass is 127. The molecule has 1 atom stereocenters. The second-order valence-electron chi connectivity index (χ2n) is 4.29. The molecule has 0 bridgehead atoms. The zero-order valence-electron chi connectivity index (χ0n) is 10.6. The Morgan fingerprint density at radius 1 is 1.26 bits per heavy atom. The fourth-order valence-electron chi connectivity index (χ4n) is 2.02. The average molecular weight is 432 g/mol. The van der Waals surface area contributed by atoms with Gasteiger partial charge in [0.05, 0.1) is 7.11 Å². The van der Waals surface area contributed by atoms with Crippen molar-refractivity contribution < 1.29 is 4.74 Å². The van der Waals surface area contributed by atoms with Crippen LogP contribution in [0.2, 0.25) is 0 Å². The lowest BCUT2D eigenvalue weighted by molar-refractivity contribution is 0.408. The highest BCUT2D eigenvalue weighted by Crippen LogP contribution is 2.28. The van der Waals surface area contributed by atoms with Crippen LogP contribution >= 0.6 is 38.5 Å². The predicted molar refractivity (Wildman–Crippen MR) is 90.5 cm³/mol. The molecule has 0 heterocycles. The summed E-state index contributed by atoms with van der Waals surface area (Å²) < 4.78 is 7.61. The van der Waals surface area contributed by atoms with Gasteiger partial charge in [0.2, 0.25) is 0 Å². The molecule has 0 radical (unpaired) electrons. The first-order valence-electron chi connectivity index (χ1n) is 5.94. The molecule has 2 rings (SSSR count). The van der Waals surface area contributed by atoms with Gasteiger partial charge in [0, 0.05) is 14.1 Å². The number of para-hydroxylation sites is 1. The van der Waals surface area contributed by atoms with Gasteiger partial charge in [-0.1, -0.05) is 34.1 Å². The number of halogens is 2. The fraction of sp³-hybridized carbons (Fsp3) is 0.200. The smallest absolute Gasteiger partial charge is 0.122 e. The molecule has 0 aliphatic carbocycles. The Morgan fingerprint density at radius 2 is 2.00 bits per heavy atom. The van der Waals surface area contributed by atoms with Crippen molar-refractivity contribution in [1.82, 2.24) is 0 Å². The second kappa shape index (κ2) is 6.72. The fourth-order valence-corrected chi connectivity index (χ4v) is 3.13. The molecule has 0 saturated carbocycles. The third-order valence-electron chi connectivity index (χ3n) is 2.99. The van der Waals surface area contributed by atoms with E-state index in [1.807, 2.05) is 24.3 Å². The SMILES string of the molecule is COc1ccccc1CC(N)c1cc(Br)ccc1I. The maximum absolute atomic E-state index is 6.34. The van der Waals surface area contributed by atoms with Crippen molar-refractivity contribution in [2.45, 2.75) is 12.5 Å². The van der Waals surface area contributed by atoms with E-state index in [-0.39, 0.29) is 6.04 Å². The number of methoxy groups -OCH3 is 1. The molecule has 0 fully saturated rings. The molecule has 0 aromatic heterocycles. The van der Waals surface area contributed by atoms with Gasteiger partial charge in [0.1, 0.15) is 5.75 Å². The average Bonchev–Trinajstić information content (AvgIpc) is 2.42. The summed E-state index contributed by atoms with van der Waals surface area (Å²) in [5.41, 5.74) is 8.63. The van der Waals surface area contributed by atoms with Gasteiger partial charge in [-0.15, -0.1) is 0 Å². The molecule has 0 saturated heterocycles. The summed E-state index contributed by atoms with van der Waals surface area (Å²) in [4.78, 5) is 0. The number of hydrogen-bond donors (Lipinski definition) is 1. The first-order valence-corrected chi connectivity index (χ1v) is 7.81. The van der Waals surface area contributed by atoms with E-state index in [4.69, 9.17) is 10.5 Å². The summed E-state index contributed by atoms with van der Waals surface area (Å²) in [6.45, 7) is 0. The summed E-state index contributed by atoms with van der Waals surface area (Å²) in [7, 11) is 1.69. The summed E-state index contributed by atoms with van der Waals surface area (Å²) in [6, 6.07) is 14.1. The lowest BCUT2D eigenvalue weighted by Gasteiger charge is -2.16. The highest BCUT2D eigenvalue weighted by Gasteiger charge is 2.13. The minimum atomic E-state index is -0.0410. The monoisotopic (exact) mass is 431 g/mol. The standard InChI is InChI=1S/C15H15BrINO/c1-19-15-5-3-2-4-10(15)8-14(18)12-9-11(16)6-7-13(12)17/h2-7,9,14H,8,18H2,1H3. The third kappa shape index (κ3) is 3.70. The van der Waals surface area contributed by atoms with Crippen LogP contribution in [0.5, 0.6) is 5.75 Å². The summed E-state index contributed by atoms with van der Waals surface area (Å²) in [6.07, 6.45) is 0.760. The Bertz CT molecular complexity index is 574. The normalized spacial score (nSPS) is 12.2. The van der Waals surface area contributed by atoms with Crippen LogP contribution in [0.25, 0.3) is 0 Å². The summed E-state index contributed by atoms with van der Waals surface area (Å²) in [5, 5.41) is 0. The number of rotatable bonds is 4. The zero-order valence-corrected chi connectivity index (χ0v) is 14.3. The molecule has 2 aromatic carbocycles. The van der Waals surface area contributed by atoms with Gasteiger partial charge in [-0.05, 0) is 64.4 Å². The Kier molecular flexibility index (Phi) is 5.24. The highest BCUT2D eigenvalue weighted by molar-refractivity contribution is 14.1. The van der Waals surface area contributed by atoms with Crippen molar-refractivity contribution in [2.75, 3.05) is 7.11 Å². The Balaban J connectivity index is 2.25. The van der Waals surface area contributed by atoms with Gasteiger partial charge < -0.3 is 10.5 Å². The van der Waals surface area contributed by atoms with E-state index in [0.29, 0.717) is 0 Å². The molecule has 4 heteroatoms. The Hall–Kier alpha value is -0.590. The second-order valence-corrected chi connectivity index (χ2v) is 6.37. The number of hydrogen-bond acceptors (Lipinski definition) is 2. The molecule has 0 spiro atoms. The molecule has 0 aliphatic heterocycles. The van der Waals surface area contributed by atoms with Crippen LogP contribution in [0.1, 0.15) is 17.2 Å². The zero-order chi connectivity index (χ0) is 13.8. The maximum Gasteiger partial charge on any atom is 0.122 e. The molecular formula is C15H15BrINO. The molecule has 100 valence electrons. The van der Waals surface area contributed by atoms with Crippen LogP contribution in [0, 0.1) is 3.57 Å². The number of benzene rings is 2. The Morgan fingerprint density at radius 3 is 2.74 bits per heavy atom. The van der Waals surface area contributed by atoms with E-state index in [9.17, 15) is 0 Å². The Labute approximate surface area is 135 Å². The lowest BCUT2D eigenvalue weighted by atomic mass is 9.99. The van der Waals surface area contributed by atoms with Gasteiger partial charge in [-0.25, -0.2) is 0 Å². The van der Waals surface area contributed by atoms with Gasteiger partial charge in [0.25, 0.3) is 0 Å². The van der Waals surface area contributed by atoms with E-state index in [2.05, 4.69) is 56.7 Å². The van der Waals surface area contributed by atoms with Crippen molar-refractivity contribution in [1.29, 1.82) is 0 Å². The lowest BCUT2D eigenvalue weighted by Crippen LogP contribution is -2.15. The number of nitrogens with two attached hydrogens (primary N) is 1. The van der Waals surface area contributed by atoms with Gasteiger partial charge in [-0.2, -0.15) is 0 Å². The van der Waals surface area contributed by atoms with Crippen molar-refractivity contribution in [3.63, 3.8) is 0 Å². The summed E-state index contributed by atoms with van der Waals surface area (Å²) >= 11 is 5.82. The van der Waals surface area contributed by atoms with Crippen molar-refractivity contribution in [2.24, 2.45) is 5.73 Å². The molecule has 2 nitrogen and oxygen atoms in total. The van der Waals surface area contributed by atoms with E-state index in [1.54, 1.807) is 7.11 Å². The molecule has 0 aliphatic rings. The quantitative estimate of drug-likeness (QED) is 0.732. The van der Waals surface area contributed by atoms with Crippen molar-refractivity contribution >= 4 is 38.5 Å². The van der Waals surface area contributed by atoms with Crippen LogP contribution in [0.4, 0.5) is 0 Å². The molecular weight excluding hydrogens is 417 g/mol. The third-order valence-corrected chi connectivity index (χ3v) is 4.47. The largest absolute Gasteiger partial charge is 0.496 e.